The Hall–Kier alpha value is -2.49. The van der Waals surface area contributed by atoms with Gasteiger partial charge in [-0.3, -0.25) is 0 Å². The van der Waals surface area contributed by atoms with Crippen LogP contribution in [0.2, 0.25) is 0 Å². The SMILES string of the molecule is Cc1ccccc1OCc1ccccc1/C(N)=N/O. The van der Waals surface area contributed by atoms with Crippen LogP contribution in [0, 0.1) is 6.92 Å². The largest absolute Gasteiger partial charge is 0.489 e. The van der Waals surface area contributed by atoms with E-state index >= 15 is 0 Å². The third kappa shape index (κ3) is 3.04. The van der Waals surface area contributed by atoms with Crippen molar-refractivity contribution in [2.75, 3.05) is 0 Å². The molecule has 4 nitrogen and oxygen atoms in total. The average molecular weight is 256 g/mol. The quantitative estimate of drug-likeness (QED) is 0.382. The number of hydrogen-bond acceptors (Lipinski definition) is 3. The molecule has 2 rings (SSSR count). The summed E-state index contributed by atoms with van der Waals surface area (Å²) in [6.07, 6.45) is 0. The second kappa shape index (κ2) is 5.91. The molecule has 4 heteroatoms. The zero-order valence-corrected chi connectivity index (χ0v) is 10.7. The van der Waals surface area contributed by atoms with Gasteiger partial charge in [0.2, 0.25) is 0 Å². The number of nitrogens with two attached hydrogens (primary N) is 1. The molecule has 0 aliphatic carbocycles. The standard InChI is InChI=1S/C15H16N2O2/c1-11-6-2-5-9-14(11)19-10-12-7-3-4-8-13(12)15(16)17-18/h2-9,18H,10H2,1H3,(H2,16,17). The number of benzene rings is 2. The number of aryl methyl sites for hydroxylation is 1. The predicted molar refractivity (Wildman–Crippen MR) is 74.5 cm³/mol. The van der Waals surface area contributed by atoms with Gasteiger partial charge in [-0.15, -0.1) is 0 Å². The van der Waals surface area contributed by atoms with Crippen LogP contribution < -0.4 is 10.5 Å². The van der Waals surface area contributed by atoms with E-state index in [0.29, 0.717) is 12.2 Å². The molecule has 3 N–H and O–H groups in total. The Bertz CT molecular complexity index is 594. The smallest absolute Gasteiger partial charge is 0.170 e. The molecule has 0 radical (unpaired) electrons. The summed E-state index contributed by atoms with van der Waals surface area (Å²) in [4.78, 5) is 0. The first-order valence-electron chi connectivity index (χ1n) is 5.96. The second-order valence-electron chi connectivity index (χ2n) is 4.20. The number of rotatable bonds is 4. The van der Waals surface area contributed by atoms with Crippen molar-refractivity contribution in [2.24, 2.45) is 10.9 Å². The molecule has 0 fully saturated rings. The highest BCUT2D eigenvalue weighted by atomic mass is 16.5. The minimum atomic E-state index is 0.0870. The van der Waals surface area contributed by atoms with Gasteiger partial charge >= 0.3 is 0 Å². The lowest BCUT2D eigenvalue weighted by molar-refractivity contribution is 0.303. The van der Waals surface area contributed by atoms with E-state index in [2.05, 4.69) is 5.16 Å². The molecule has 0 aliphatic heterocycles. The first-order valence-corrected chi connectivity index (χ1v) is 5.96. The fraction of sp³-hybridized carbons (Fsp3) is 0.133. The molecular formula is C15H16N2O2. The lowest BCUT2D eigenvalue weighted by Gasteiger charge is -2.11. The topological polar surface area (TPSA) is 67.8 Å². The first-order chi connectivity index (χ1) is 9.22. The highest BCUT2D eigenvalue weighted by Crippen LogP contribution is 2.19. The van der Waals surface area contributed by atoms with E-state index in [0.717, 1.165) is 16.9 Å². The molecule has 0 aromatic heterocycles. The van der Waals surface area contributed by atoms with Gasteiger partial charge in [0.15, 0.2) is 5.84 Å². The van der Waals surface area contributed by atoms with Crippen molar-refractivity contribution >= 4 is 5.84 Å². The number of oxime groups is 1. The van der Waals surface area contributed by atoms with Crippen LogP contribution in [0.1, 0.15) is 16.7 Å². The van der Waals surface area contributed by atoms with Crippen molar-refractivity contribution in [3.8, 4) is 5.75 Å². The van der Waals surface area contributed by atoms with E-state index in [1.807, 2.05) is 49.4 Å². The molecule has 0 saturated heterocycles. The Labute approximate surface area is 112 Å². The highest BCUT2D eigenvalue weighted by Gasteiger charge is 2.07. The fourth-order valence-electron chi connectivity index (χ4n) is 1.82. The molecule has 2 aromatic rings. The van der Waals surface area contributed by atoms with Gasteiger partial charge in [0.1, 0.15) is 12.4 Å². The summed E-state index contributed by atoms with van der Waals surface area (Å²) in [7, 11) is 0. The van der Waals surface area contributed by atoms with Crippen LogP contribution in [-0.4, -0.2) is 11.0 Å². The van der Waals surface area contributed by atoms with Crippen LogP contribution >= 0.6 is 0 Å². The van der Waals surface area contributed by atoms with E-state index in [9.17, 15) is 0 Å². The molecule has 0 amide bonds. The van der Waals surface area contributed by atoms with Crippen molar-refractivity contribution in [1.82, 2.24) is 0 Å². The lowest BCUT2D eigenvalue weighted by atomic mass is 10.1. The summed E-state index contributed by atoms with van der Waals surface area (Å²) < 4.78 is 5.77. The summed E-state index contributed by atoms with van der Waals surface area (Å²) in [5, 5.41) is 11.8. The minimum Gasteiger partial charge on any atom is -0.489 e. The molecule has 0 heterocycles. The van der Waals surface area contributed by atoms with Crippen molar-refractivity contribution in [3.05, 3.63) is 65.2 Å². The predicted octanol–water partition coefficient (Wildman–Crippen LogP) is 2.67. The molecule has 98 valence electrons. The molecule has 19 heavy (non-hydrogen) atoms. The zero-order chi connectivity index (χ0) is 13.7. The maximum absolute atomic E-state index is 8.76. The number of hydrogen-bond donors (Lipinski definition) is 2. The Kier molecular flexibility index (Phi) is 4.03. The Balaban J connectivity index is 2.19. The summed E-state index contributed by atoms with van der Waals surface area (Å²) in [6, 6.07) is 15.2. The monoisotopic (exact) mass is 256 g/mol. The summed E-state index contributed by atoms with van der Waals surface area (Å²) in [6.45, 7) is 2.36. The van der Waals surface area contributed by atoms with Crippen molar-refractivity contribution in [3.63, 3.8) is 0 Å². The van der Waals surface area contributed by atoms with Crippen molar-refractivity contribution in [1.29, 1.82) is 0 Å². The van der Waals surface area contributed by atoms with Crippen LogP contribution in [0.5, 0.6) is 5.75 Å². The Morgan fingerprint density at radius 1 is 1.16 bits per heavy atom. The summed E-state index contributed by atoms with van der Waals surface area (Å²) >= 11 is 0. The molecule has 0 aliphatic rings. The van der Waals surface area contributed by atoms with Gasteiger partial charge in [0.05, 0.1) is 0 Å². The average Bonchev–Trinajstić information content (AvgIpc) is 2.46. The second-order valence-corrected chi connectivity index (χ2v) is 4.20. The number of nitrogens with zero attached hydrogens (tertiary/aromatic N) is 1. The zero-order valence-electron chi connectivity index (χ0n) is 10.7. The lowest BCUT2D eigenvalue weighted by Crippen LogP contribution is -2.16. The Morgan fingerprint density at radius 2 is 1.84 bits per heavy atom. The highest BCUT2D eigenvalue weighted by molar-refractivity contribution is 5.98. The van der Waals surface area contributed by atoms with Gasteiger partial charge in [0.25, 0.3) is 0 Å². The van der Waals surface area contributed by atoms with Gasteiger partial charge in [-0.1, -0.05) is 47.6 Å². The van der Waals surface area contributed by atoms with E-state index in [4.69, 9.17) is 15.7 Å². The third-order valence-electron chi connectivity index (χ3n) is 2.88. The van der Waals surface area contributed by atoms with Crippen molar-refractivity contribution < 1.29 is 9.94 Å². The van der Waals surface area contributed by atoms with Crippen molar-refractivity contribution in [2.45, 2.75) is 13.5 Å². The van der Waals surface area contributed by atoms with Crippen LogP contribution in [0.15, 0.2) is 53.7 Å². The van der Waals surface area contributed by atoms with Gasteiger partial charge in [-0.2, -0.15) is 0 Å². The van der Waals surface area contributed by atoms with Gasteiger partial charge in [-0.05, 0) is 18.6 Å². The molecule has 2 aromatic carbocycles. The third-order valence-corrected chi connectivity index (χ3v) is 2.88. The first kappa shape index (κ1) is 13.0. The van der Waals surface area contributed by atoms with E-state index in [1.54, 1.807) is 6.07 Å². The van der Waals surface area contributed by atoms with E-state index in [1.165, 1.54) is 0 Å². The van der Waals surface area contributed by atoms with Crippen LogP contribution in [0.25, 0.3) is 0 Å². The maximum Gasteiger partial charge on any atom is 0.170 e. The molecule has 0 spiro atoms. The van der Waals surface area contributed by atoms with Crippen LogP contribution in [0.3, 0.4) is 0 Å². The van der Waals surface area contributed by atoms with E-state index in [-0.39, 0.29) is 5.84 Å². The summed E-state index contributed by atoms with van der Waals surface area (Å²) in [5.74, 6) is 0.917. The maximum atomic E-state index is 8.76. The van der Waals surface area contributed by atoms with Gasteiger partial charge < -0.3 is 15.7 Å². The normalized spacial score (nSPS) is 11.3. The van der Waals surface area contributed by atoms with Gasteiger partial charge in [0, 0.05) is 11.1 Å². The number of para-hydroxylation sites is 1. The molecular weight excluding hydrogens is 240 g/mol. The Morgan fingerprint density at radius 3 is 2.58 bits per heavy atom. The molecule has 0 bridgehead atoms. The molecule has 0 saturated carbocycles. The molecule has 0 atom stereocenters. The number of amidine groups is 1. The minimum absolute atomic E-state index is 0.0870. The molecule has 0 unspecified atom stereocenters. The van der Waals surface area contributed by atoms with Gasteiger partial charge in [-0.25, -0.2) is 0 Å². The van der Waals surface area contributed by atoms with E-state index < -0.39 is 0 Å². The van der Waals surface area contributed by atoms with Crippen LogP contribution in [0.4, 0.5) is 0 Å². The summed E-state index contributed by atoms with van der Waals surface area (Å²) in [5.41, 5.74) is 8.27. The fourth-order valence-corrected chi connectivity index (χ4v) is 1.82. The number of ether oxygens (including phenoxy) is 1. The van der Waals surface area contributed by atoms with Crippen LogP contribution in [-0.2, 0) is 6.61 Å².